The van der Waals surface area contributed by atoms with E-state index in [0.717, 1.165) is 10.5 Å². The van der Waals surface area contributed by atoms with Crippen LogP contribution in [0.2, 0.25) is 0 Å². The number of amides is 3. The number of benzene rings is 3. The Bertz CT molecular complexity index is 1580. The summed E-state index contributed by atoms with van der Waals surface area (Å²) in [5.74, 6) is -0.667. The van der Waals surface area contributed by atoms with E-state index in [1.807, 2.05) is 38.1 Å². The smallest absolute Gasteiger partial charge is 0.293 e. The van der Waals surface area contributed by atoms with Gasteiger partial charge >= 0.3 is 0 Å². The molecular formula is C30H27N3O8S. The third-order valence-corrected chi connectivity index (χ3v) is 7.18. The minimum absolute atomic E-state index is 0.107. The van der Waals surface area contributed by atoms with Crippen LogP contribution in [-0.4, -0.2) is 52.9 Å². The van der Waals surface area contributed by atoms with Gasteiger partial charge < -0.3 is 14.8 Å². The highest BCUT2D eigenvalue weighted by molar-refractivity contribution is 8.18. The minimum Gasteiger partial charge on any atom is -0.493 e. The molecule has 0 atom stereocenters. The summed E-state index contributed by atoms with van der Waals surface area (Å²) in [5.41, 5.74) is 2.21. The van der Waals surface area contributed by atoms with Crippen molar-refractivity contribution in [2.45, 2.75) is 19.8 Å². The maximum absolute atomic E-state index is 12.9. The fourth-order valence-corrected chi connectivity index (χ4v) is 4.97. The number of nitrogens with zero attached hydrogens (tertiary/aromatic N) is 2. The molecule has 12 heteroatoms. The van der Waals surface area contributed by atoms with Gasteiger partial charge in [-0.05, 0) is 65.2 Å². The number of imide groups is 1. The fourth-order valence-electron chi connectivity index (χ4n) is 4.13. The van der Waals surface area contributed by atoms with Gasteiger partial charge in [0.15, 0.2) is 23.9 Å². The summed E-state index contributed by atoms with van der Waals surface area (Å²) in [6, 6.07) is 17.3. The number of methoxy groups -OCH3 is 1. The van der Waals surface area contributed by atoms with Gasteiger partial charge in [-0.3, -0.25) is 34.2 Å². The summed E-state index contributed by atoms with van der Waals surface area (Å²) in [7, 11) is 1.43. The van der Waals surface area contributed by atoms with Crippen LogP contribution in [-0.2, 0) is 9.59 Å². The van der Waals surface area contributed by atoms with E-state index in [0.29, 0.717) is 34.5 Å². The van der Waals surface area contributed by atoms with Crippen LogP contribution >= 0.6 is 11.8 Å². The highest BCUT2D eigenvalue weighted by Gasteiger charge is 2.36. The van der Waals surface area contributed by atoms with E-state index in [9.17, 15) is 29.3 Å². The number of nitro benzene ring substituents is 1. The van der Waals surface area contributed by atoms with Crippen molar-refractivity contribution in [2.75, 3.05) is 25.6 Å². The second kappa shape index (κ2) is 13.1. The van der Waals surface area contributed by atoms with Gasteiger partial charge in [0, 0.05) is 23.4 Å². The van der Waals surface area contributed by atoms with Crippen molar-refractivity contribution in [2.24, 2.45) is 0 Å². The van der Waals surface area contributed by atoms with Crippen molar-refractivity contribution >= 4 is 52.0 Å². The SMILES string of the molecule is COc1cc(/C=C2\SC(=O)N(CC(=O)c3ccc([N+](=O)[O-])cc3)C2=O)ccc1OCC(=O)Nc1ccccc1C(C)C. The van der Waals surface area contributed by atoms with Crippen LogP contribution in [0.25, 0.3) is 6.08 Å². The zero-order valence-corrected chi connectivity index (χ0v) is 23.8. The molecule has 1 aliphatic heterocycles. The molecule has 3 aromatic carbocycles. The van der Waals surface area contributed by atoms with Crippen molar-refractivity contribution in [1.29, 1.82) is 0 Å². The van der Waals surface area contributed by atoms with Crippen molar-refractivity contribution in [3.05, 3.63) is 98.4 Å². The van der Waals surface area contributed by atoms with E-state index in [4.69, 9.17) is 9.47 Å². The second-order valence-electron chi connectivity index (χ2n) is 9.48. The number of thioether (sulfide) groups is 1. The van der Waals surface area contributed by atoms with Gasteiger partial charge in [0.05, 0.1) is 23.5 Å². The molecule has 1 aliphatic rings. The topological polar surface area (TPSA) is 145 Å². The van der Waals surface area contributed by atoms with Crippen LogP contribution in [0, 0.1) is 10.1 Å². The van der Waals surface area contributed by atoms with E-state index in [1.54, 1.807) is 18.2 Å². The number of rotatable bonds is 11. The third kappa shape index (κ3) is 7.02. The molecule has 1 saturated heterocycles. The fraction of sp³-hybridized carbons (Fsp3) is 0.200. The number of nitro groups is 1. The molecule has 42 heavy (non-hydrogen) atoms. The van der Waals surface area contributed by atoms with E-state index in [-0.39, 0.29) is 34.6 Å². The zero-order valence-electron chi connectivity index (χ0n) is 23.0. The average molecular weight is 590 g/mol. The quantitative estimate of drug-likeness (QED) is 0.129. The molecule has 0 unspecified atom stereocenters. The molecule has 3 amide bonds. The number of para-hydroxylation sites is 1. The Morgan fingerprint density at radius 2 is 1.76 bits per heavy atom. The van der Waals surface area contributed by atoms with E-state index in [2.05, 4.69) is 5.32 Å². The number of carbonyl (C=O) groups excluding carboxylic acids is 4. The highest BCUT2D eigenvalue weighted by Crippen LogP contribution is 2.35. The number of ether oxygens (including phenoxy) is 2. The first-order chi connectivity index (χ1) is 20.1. The van der Waals surface area contributed by atoms with Crippen molar-refractivity contribution in [3.63, 3.8) is 0 Å². The Morgan fingerprint density at radius 3 is 2.43 bits per heavy atom. The number of non-ortho nitro benzene ring substituents is 1. The summed E-state index contributed by atoms with van der Waals surface area (Å²) in [4.78, 5) is 61.8. The number of Topliss-reactive ketones (excluding diaryl/α,β-unsaturated/α-hetero) is 1. The normalized spacial score (nSPS) is 13.9. The molecule has 4 rings (SSSR count). The predicted octanol–water partition coefficient (Wildman–Crippen LogP) is 5.66. The molecule has 3 aromatic rings. The Labute approximate surface area is 245 Å². The molecule has 1 N–H and O–H groups in total. The Kier molecular flexibility index (Phi) is 9.38. The number of ketones is 1. The van der Waals surface area contributed by atoms with Gasteiger partial charge in [0.1, 0.15) is 0 Å². The van der Waals surface area contributed by atoms with Crippen molar-refractivity contribution in [1.82, 2.24) is 4.90 Å². The molecule has 0 aliphatic carbocycles. The Hall–Kier alpha value is -4.97. The van der Waals surface area contributed by atoms with Gasteiger partial charge in [0.2, 0.25) is 0 Å². The summed E-state index contributed by atoms with van der Waals surface area (Å²) in [6.07, 6.45) is 1.49. The standard InChI is InChI=1S/C30H27N3O8S/c1-18(2)22-6-4-5-7-23(22)31-28(35)17-41-25-13-8-19(14-26(25)40-3)15-27-29(36)32(30(37)42-27)16-24(34)20-9-11-21(12-10-20)33(38)39/h4-15,18H,16-17H2,1-3H3,(H,31,35)/b27-15-. The monoisotopic (exact) mass is 589 g/mol. The van der Waals surface area contributed by atoms with Gasteiger partial charge in [-0.15, -0.1) is 0 Å². The molecule has 1 heterocycles. The first-order valence-corrected chi connectivity index (χ1v) is 13.6. The first-order valence-electron chi connectivity index (χ1n) is 12.8. The maximum Gasteiger partial charge on any atom is 0.293 e. The molecule has 11 nitrogen and oxygen atoms in total. The molecule has 0 bridgehead atoms. The maximum atomic E-state index is 12.9. The lowest BCUT2D eigenvalue weighted by atomic mass is 10.0. The molecule has 1 fully saturated rings. The van der Waals surface area contributed by atoms with Crippen molar-refractivity contribution < 1.29 is 33.6 Å². The lowest BCUT2D eigenvalue weighted by Crippen LogP contribution is -2.33. The average Bonchev–Trinajstić information content (AvgIpc) is 3.23. The molecule has 0 radical (unpaired) electrons. The van der Waals surface area contributed by atoms with E-state index < -0.39 is 28.4 Å². The van der Waals surface area contributed by atoms with Crippen LogP contribution in [0.5, 0.6) is 11.5 Å². The van der Waals surface area contributed by atoms with Gasteiger partial charge in [-0.1, -0.05) is 38.1 Å². The lowest BCUT2D eigenvalue weighted by molar-refractivity contribution is -0.384. The van der Waals surface area contributed by atoms with Crippen LogP contribution in [0.15, 0.2) is 71.6 Å². The lowest BCUT2D eigenvalue weighted by Gasteiger charge is -2.15. The largest absolute Gasteiger partial charge is 0.493 e. The van der Waals surface area contributed by atoms with Crippen LogP contribution in [0.3, 0.4) is 0 Å². The number of nitrogens with one attached hydrogen (secondary N) is 1. The Balaban J connectivity index is 1.40. The highest BCUT2D eigenvalue weighted by atomic mass is 32.2. The first kappa shape index (κ1) is 30.0. The Morgan fingerprint density at radius 1 is 1.05 bits per heavy atom. The molecule has 0 aromatic heterocycles. The van der Waals surface area contributed by atoms with Crippen LogP contribution in [0.4, 0.5) is 16.2 Å². The third-order valence-electron chi connectivity index (χ3n) is 6.28. The summed E-state index contributed by atoms with van der Waals surface area (Å²) >= 11 is 0.688. The number of carbonyl (C=O) groups is 4. The van der Waals surface area contributed by atoms with Gasteiger partial charge in [-0.2, -0.15) is 0 Å². The molecule has 0 spiro atoms. The second-order valence-corrected chi connectivity index (χ2v) is 10.5. The van der Waals surface area contributed by atoms with Crippen LogP contribution in [0.1, 0.15) is 41.3 Å². The summed E-state index contributed by atoms with van der Waals surface area (Å²) < 4.78 is 11.1. The molecular weight excluding hydrogens is 562 g/mol. The van der Waals surface area contributed by atoms with E-state index in [1.165, 1.54) is 37.5 Å². The summed E-state index contributed by atoms with van der Waals surface area (Å²) in [6.45, 7) is 3.31. The predicted molar refractivity (Wildman–Crippen MR) is 158 cm³/mol. The number of anilines is 1. The van der Waals surface area contributed by atoms with Crippen LogP contribution < -0.4 is 14.8 Å². The number of hydrogen-bond acceptors (Lipinski definition) is 9. The van der Waals surface area contributed by atoms with Crippen molar-refractivity contribution in [3.8, 4) is 11.5 Å². The van der Waals surface area contributed by atoms with E-state index >= 15 is 0 Å². The molecule has 216 valence electrons. The summed E-state index contributed by atoms with van der Waals surface area (Å²) in [5, 5.41) is 13.1. The van der Waals surface area contributed by atoms with Gasteiger partial charge in [-0.25, -0.2) is 0 Å². The molecule has 0 saturated carbocycles. The van der Waals surface area contributed by atoms with Gasteiger partial charge in [0.25, 0.3) is 22.7 Å². The zero-order chi connectivity index (χ0) is 30.4. The minimum atomic E-state index is -0.641. The number of hydrogen-bond donors (Lipinski definition) is 1.